The first-order valence-corrected chi connectivity index (χ1v) is 11.2. The van der Waals surface area contributed by atoms with E-state index in [0.29, 0.717) is 17.4 Å². The van der Waals surface area contributed by atoms with Gasteiger partial charge in [0.15, 0.2) is 5.96 Å². The number of guanidine groups is 1. The molecule has 29 heavy (non-hydrogen) atoms. The minimum Gasteiger partial charge on any atom is -0.356 e. The number of nitrogens with zero attached hydrogens (tertiary/aromatic N) is 3. The molecular weight excluding hydrogens is 388 g/mol. The maximum atomic E-state index is 12.5. The van der Waals surface area contributed by atoms with Crippen LogP contribution in [0.15, 0.2) is 34.2 Å². The molecule has 1 aromatic carbocycles. The maximum absolute atomic E-state index is 12.5. The summed E-state index contributed by atoms with van der Waals surface area (Å²) in [7, 11) is -1.84. The molecule has 8 nitrogen and oxygen atoms in total. The molecule has 2 aromatic rings. The Bertz CT molecular complexity index is 950. The normalized spacial score (nSPS) is 12.2. The summed E-state index contributed by atoms with van der Waals surface area (Å²) in [6, 6.07) is 7.47. The Labute approximate surface area is 173 Å². The number of hydrogen-bond donors (Lipinski definition) is 3. The third kappa shape index (κ3) is 6.86. The standard InChI is InChI=1S/C20H32N6O2S/c1-15-7-8-16(2)19(13-15)29(27,28)24-11-10-23-20(21-5)22-9-6-12-26-18(4)14-17(3)25-26/h7-8,13-14,24H,6,9-12H2,1-5H3,(H2,21,22,23). The van der Waals surface area contributed by atoms with E-state index in [1.165, 1.54) is 0 Å². The van der Waals surface area contributed by atoms with Crippen LogP contribution in [-0.2, 0) is 16.6 Å². The van der Waals surface area contributed by atoms with Crippen LogP contribution in [0.1, 0.15) is 28.9 Å². The van der Waals surface area contributed by atoms with Gasteiger partial charge in [0.05, 0.1) is 10.6 Å². The molecule has 9 heteroatoms. The van der Waals surface area contributed by atoms with Crippen LogP contribution in [0, 0.1) is 27.7 Å². The lowest BCUT2D eigenvalue weighted by Gasteiger charge is -2.13. The smallest absolute Gasteiger partial charge is 0.240 e. The fourth-order valence-electron chi connectivity index (χ4n) is 3.00. The molecule has 0 aliphatic carbocycles. The van der Waals surface area contributed by atoms with Crippen LogP contribution in [0.3, 0.4) is 0 Å². The number of sulfonamides is 1. The molecule has 0 amide bonds. The zero-order valence-corrected chi connectivity index (χ0v) is 18.7. The second-order valence-electron chi connectivity index (χ2n) is 7.10. The summed E-state index contributed by atoms with van der Waals surface area (Å²) in [6.45, 7) is 9.98. The summed E-state index contributed by atoms with van der Waals surface area (Å²) in [5.74, 6) is 0.643. The molecule has 1 aromatic heterocycles. The molecule has 0 radical (unpaired) electrons. The Morgan fingerprint density at radius 1 is 1.07 bits per heavy atom. The minimum atomic E-state index is -3.53. The number of aromatic nitrogens is 2. The van der Waals surface area contributed by atoms with Crippen molar-refractivity contribution < 1.29 is 8.42 Å². The van der Waals surface area contributed by atoms with Crippen molar-refractivity contribution in [2.24, 2.45) is 4.99 Å². The number of hydrogen-bond acceptors (Lipinski definition) is 4. The number of nitrogens with one attached hydrogen (secondary N) is 3. The van der Waals surface area contributed by atoms with Gasteiger partial charge < -0.3 is 10.6 Å². The largest absolute Gasteiger partial charge is 0.356 e. The van der Waals surface area contributed by atoms with Gasteiger partial charge in [-0.15, -0.1) is 0 Å². The summed E-state index contributed by atoms with van der Waals surface area (Å²) < 4.78 is 29.6. The van der Waals surface area contributed by atoms with E-state index in [4.69, 9.17) is 0 Å². The molecule has 0 spiro atoms. The average molecular weight is 421 g/mol. The van der Waals surface area contributed by atoms with Gasteiger partial charge in [0.2, 0.25) is 10.0 Å². The number of benzene rings is 1. The lowest BCUT2D eigenvalue weighted by molar-refractivity contribution is 0.555. The highest BCUT2D eigenvalue weighted by Gasteiger charge is 2.16. The van der Waals surface area contributed by atoms with Gasteiger partial charge in [-0.1, -0.05) is 12.1 Å². The molecular formula is C20H32N6O2S. The van der Waals surface area contributed by atoms with E-state index in [0.717, 1.165) is 42.0 Å². The highest BCUT2D eigenvalue weighted by molar-refractivity contribution is 7.89. The van der Waals surface area contributed by atoms with Crippen LogP contribution < -0.4 is 15.4 Å². The Morgan fingerprint density at radius 3 is 2.45 bits per heavy atom. The van der Waals surface area contributed by atoms with Crippen LogP contribution in [0.5, 0.6) is 0 Å². The quantitative estimate of drug-likeness (QED) is 0.325. The Kier molecular flexibility index (Phi) is 8.21. The second kappa shape index (κ2) is 10.4. The van der Waals surface area contributed by atoms with Crippen molar-refractivity contribution in [1.82, 2.24) is 25.1 Å². The molecule has 0 fully saturated rings. The molecule has 2 rings (SSSR count). The number of rotatable bonds is 9. The van der Waals surface area contributed by atoms with Crippen molar-refractivity contribution in [1.29, 1.82) is 0 Å². The summed E-state index contributed by atoms with van der Waals surface area (Å²) >= 11 is 0. The summed E-state index contributed by atoms with van der Waals surface area (Å²) in [5.41, 5.74) is 3.83. The molecule has 1 heterocycles. The highest BCUT2D eigenvalue weighted by Crippen LogP contribution is 2.16. The summed E-state index contributed by atoms with van der Waals surface area (Å²) in [5, 5.41) is 10.8. The molecule has 0 aliphatic heterocycles. The van der Waals surface area contributed by atoms with Crippen molar-refractivity contribution in [3.63, 3.8) is 0 Å². The van der Waals surface area contributed by atoms with Crippen molar-refractivity contribution in [3.8, 4) is 0 Å². The van der Waals surface area contributed by atoms with E-state index in [-0.39, 0.29) is 6.54 Å². The van der Waals surface area contributed by atoms with Gasteiger partial charge >= 0.3 is 0 Å². The average Bonchev–Trinajstić information content (AvgIpc) is 2.99. The van der Waals surface area contributed by atoms with Crippen LogP contribution in [-0.4, -0.2) is 50.8 Å². The first-order chi connectivity index (χ1) is 13.7. The molecule has 0 atom stereocenters. The fraction of sp³-hybridized carbons (Fsp3) is 0.500. The van der Waals surface area contributed by atoms with E-state index in [1.807, 2.05) is 37.6 Å². The number of aliphatic imine (C=N–C) groups is 1. The molecule has 0 saturated heterocycles. The summed E-state index contributed by atoms with van der Waals surface area (Å²) in [6.07, 6.45) is 0.905. The lowest BCUT2D eigenvalue weighted by Crippen LogP contribution is -2.42. The Balaban J connectivity index is 1.72. The van der Waals surface area contributed by atoms with E-state index in [2.05, 4.69) is 31.5 Å². The molecule has 0 saturated carbocycles. The van der Waals surface area contributed by atoms with Crippen molar-refractivity contribution in [3.05, 3.63) is 46.8 Å². The third-order valence-corrected chi connectivity index (χ3v) is 6.11. The van der Waals surface area contributed by atoms with Gasteiger partial charge in [-0.2, -0.15) is 5.10 Å². The predicted molar refractivity (Wildman–Crippen MR) is 117 cm³/mol. The first kappa shape index (κ1) is 22.9. The van der Waals surface area contributed by atoms with Gasteiger partial charge in [0.1, 0.15) is 0 Å². The van der Waals surface area contributed by atoms with Crippen LogP contribution in [0.25, 0.3) is 0 Å². The van der Waals surface area contributed by atoms with Crippen LogP contribution >= 0.6 is 0 Å². The SMILES string of the molecule is CN=C(NCCCn1nc(C)cc1C)NCCNS(=O)(=O)c1cc(C)ccc1C. The van der Waals surface area contributed by atoms with Gasteiger partial charge in [-0.25, -0.2) is 13.1 Å². The van der Waals surface area contributed by atoms with Gasteiger partial charge in [0.25, 0.3) is 0 Å². The van der Waals surface area contributed by atoms with Crippen LogP contribution in [0.4, 0.5) is 0 Å². The van der Waals surface area contributed by atoms with E-state index in [9.17, 15) is 8.42 Å². The molecule has 0 bridgehead atoms. The number of aryl methyl sites for hydroxylation is 5. The maximum Gasteiger partial charge on any atom is 0.240 e. The zero-order chi connectivity index (χ0) is 21.4. The fourth-order valence-corrected chi connectivity index (χ4v) is 4.36. The lowest BCUT2D eigenvalue weighted by atomic mass is 10.2. The van der Waals surface area contributed by atoms with E-state index >= 15 is 0 Å². The monoisotopic (exact) mass is 420 g/mol. The molecule has 0 aliphatic rings. The van der Waals surface area contributed by atoms with Gasteiger partial charge in [-0.3, -0.25) is 9.67 Å². The molecule has 0 unspecified atom stereocenters. The predicted octanol–water partition coefficient (Wildman–Crippen LogP) is 1.65. The van der Waals surface area contributed by atoms with E-state index in [1.54, 1.807) is 20.0 Å². The van der Waals surface area contributed by atoms with E-state index < -0.39 is 10.0 Å². The third-order valence-electron chi connectivity index (χ3n) is 4.51. The molecule has 3 N–H and O–H groups in total. The zero-order valence-electron chi connectivity index (χ0n) is 17.9. The van der Waals surface area contributed by atoms with Gasteiger partial charge in [-0.05, 0) is 57.4 Å². The minimum absolute atomic E-state index is 0.266. The Morgan fingerprint density at radius 2 is 1.79 bits per heavy atom. The van der Waals surface area contributed by atoms with Gasteiger partial charge in [0, 0.05) is 38.9 Å². The highest BCUT2D eigenvalue weighted by atomic mass is 32.2. The molecule has 160 valence electrons. The van der Waals surface area contributed by atoms with Crippen molar-refractivity contribution in [2.45, 2.75) is 45.6 Å². The second-order valence-corrected chi connectivity index (χ2v) is 8.83. The topological polar surface area (TPSA) is 100 Å². The summed E-state index contributed by atoms with van der Waals surface area (Å²) in [4.78, 5) is 4.49. The Hall–Kier alpha value is -2.39. The van der Waals surface area contributed by atoms with Crippen LogP contribution in [0.2, 0.25) is 0 Å². The van der Waals surface area contributed by atoms with Crippen molar-refractivity contribution >= 4 is 16.0 Å². The van der Waals surface area contributed by atoms with Crippen molar-refractivity contribution in [2.75, 3.05) is 26.7 Å². The first-order valence-electron chi connectivity index (χ1n) is 9.75.